The van der Waals surface area contributed by atoms with Gasteiger partial charge >= 0.3 is 0 Å². The van der Waals surface area contributed by atoms with E-state index in [2.05, 4.69) is 27.3 Å². The van der Waals surface area contributed by atoms with Gasteiger partial charge in [-0.2, -0.15) is 0 Å². The summed E-state index contributed by atoms with van der Waals surface area (Å²) in [6.07, 6.45) is 3.40. The first-order valence-corrected chi connectivity index (χ1v) is 9.24. The summed E-state index contributed by atoms with van der Waals surface area (Å²) in [6, 6.07) is 8.39. The van der Waals surface area contributed by atoms with E-state index in [9.17, 15) is 0 Å². The molecule has 1 saturated heterocycles. The normalized spacial score (nSPS) is 16.2. The summed E-state index contributed by atoms with van der Waals surface area (Å²) in [7, 11) is 1.72. The number of nitrogens with one attached hydrogen (secondary N) is 1. The third-order valence-corrected chi connectivity index (χ3v) is 4.49. The molecule has 1 atom stereocenters. The number of hydrogen-bond donors (Lipinski definition) is 2. The van der Waals surface area contributed by atoms with Crippen molar-refractivity contribution in [1.29, 1.82) is 0 Å². The maximum Gasteiger partial charge on any atom is 0.188 e. The molecule has 0 aromatic heterocycles. The molecule has 3 N–H and O–H groups in total. The van der Waals surface area contributed by atoms with Gasteiger partial charge in [0, 0.05) is 25.3 Å². The van der Waals surface area contributed by atoms with Gasteiger partial charge in [0.15, 0.2) is 5.96 Å². The Hall–Kier alpha value is -1.06. The molecule has 7 heteroatoms. The van der Waals surface area contributed by atoms with Gasteiger partial charge in [0.1, 0.15) is 5.75 Å². The van der Waals surface area contributed by atoms with Crippen molar-refractivity contribution in [3.63, 3.8) is 0 Å². The molecule has 0 bridgehead atoms. The topological polar surface area (TPSA) is 72.1 Å². The number of rotatable bonds is 10. The molecular weight excluding hydrogens is 443 g/mol. The van der Waals surface area contributed by atoms with Crippen LogP contribution in [0.2, 0.25) is 0 Å². The van der Waals surface area contributed by atoms with Crippen LogP contribution in [-0.4, -0.2) is 57.4 Å². The Morgan fingerprint density at radius 3 is 2.73 bits per heavy atom. The summed E-state index contributed by atoms with van der Waals surface area (Å²) >= 11 is 0. The Balaban J connectivity index is 0.00000338. The Morgan fingerprint density at radius 1 is 1.31 bits per heavy atom. The number of guanidine groups is 1. The predicted molar refractivity (Wildman–Crippen MR) is 118 cm³/mol. The summed E-state index contributed by atoms with van der Waals surface area (Å²) < 4.78 is 10.9. The second-order valence-electron chi connectivity index (χ2n) is 6.20. The van der Waals surface area contributed by atoms with Crippen LogP contribution >= 0.6 is 24.0 Å². The van der Waals surface area contributed by atoms with E-state index in [-0.39, 0.29) is 30.0 Å². The van der Waals surface area contributed by atoms with Crippen molar-refractivity contribution >= 4 is 29.9 Å². The zero-order chi connectivity index (χ0) is 17.9. The van der Waals surface area contributed by atoms with E-state index >= 15 is 0 Å². The molecule has 1 aromatic carbocycles. The molecular formula is C19H33IN4O2. The fourth-order valence-corrected chi connectivity index (χ4v) is 3.18. The molecule has 1 fully saturated rings. The summed E-state index contributed by atoms with van der Waals surface area (Å²) in [6.45, 7) is 7.09. The third kappa shape index (κ3) is 7.28. The lowest BCUT2D eigenvalue weighted by Crippen LogP contribution is -2.35. The number of hydrogen-bond acceptors (Lipinski definition) is 4. The van der Waals surface area contributed by atoms with Gasteiger partial charge in [0.05, 0.1) is 19.7 Å². The first-order valence-electron chi connectivity index (χ1n) is 9.24. The maximum absolute atomic E-state index is 6.03. The van der Waals surface area contributed by atoms with Crippen molar-refractivity contribution in [3.05, 3.63) is 29.8 Å². The molecule has 1 unspecified atom stereocenters. The number of halogens is 1. The Labute approximate surface area is 174 Å². The van der Waals surface area contributed by atoms with E-state index in [1.807, 2.05) is 19.1 Å². The number of ether oxygens (including phenoxy) is 2. The number of likely N-dealkylation sites (tertiary alicyclic amines) is 1. The van der Waals surface area contributed by atoms with E-state index in [0.717, 1.165) is 45.0 Å². The van der Waals surface area contributed by atoms with Gasteiger partial charge in [0.25, 0.3) is 0 Å². The number of para-hydroxylation sites is 1. The lowest BCUT2D eigenvalue weighted by atomic mass is 10.0. The number of methoxy groups -OCH3 is 1. The quantitative estimate of drug-likeness (QED) is 0.235. The van der Waals surface area contributed by atoms with Crippen LogP contribution < -0.4 is 15.8 Å². The number of aliphatic imine (C=N–C) groups is 1. The van der Waals surface area contributed by atoms with Crippen LogP contribution in [0.15, 0.2) is 29.3 Å². The molecule has 0 aliphatic carbocycles. The Kier molecular flexibility index (Phi) is 11.6. The average Bonchev–Trinajstić information content (AvgIpc) is 3.16. The minimum atomic E-state index is 0. The lowest BCUT2D eigenvalue weighted by molar-refractivity contribution is 0.145. The number of benzene rings is 1. The molecule has 0 amide bonds. The summed E-state index contributed by atoms with van der Waals surface area (Å²) in [5.41, 5.74) is 7.21. The summed E-state index contributed by atoms with van der Waals surface area (Å²) in [4.78, 5) is 7.06. The van der Waals surface area contributed by atoms with Gasteiger partial charge in [-0.1, -0.05) is 18.2 Å². The van der Waals surface area contributed by atoms with Gasteiger partial charge in [0.2, 0.25) is 0 Å². The van der Waals surface area contributed by atoms with E-state index < -0.39 is 0 Å². The van der Waals surface area contributed by atoms with Gasteiger partial charge in [-0.3, -0.25) is 9.89 Å². The van der Waals surface area contributed by atoms with Crippen molar-refractivity contribution in [3.8, 4) is 5.75 Å². The predicted octanol–water partition coefficient (Wildman–Crippen LogP) is 2.78. The number of nitrogens with zero attached hydrogens (tertiary/aromatic N) is 2. The smallest absolute Gasteiger partial charge is 0.188 e. The second kappa shape index (κ2) is 13.2. The van der Waals surface area contributed by atoms with Crippen molar-refractivity contribution < 1.29 is 9.47 Å². The van der Waals surface area contributed by atoms with Crippen molar-refractivity contribution in [1.82, 2.24) is 10.2 Å². The summed E-state index contributed by atoms with van der Waals surface area (Å²) in [5.74, 6) is 1.41. The van der Waals surface area contributed by atoms with Gasteiger partial charge in [-0.25, -0.2) is 0 Å². The third-order valence-electron chi connectivity index (χ3n) is 4.49. The fraction of sp³-hybridized carbons (Fsp3) is 0.632. The van der Waals surface area contributed by atoms with Crippen LogP contribution in [0.4, 0.5) is 0 Å². The first kappa shape index (κ1) is 23.0. The Bertz CT molecular complexity index is 536. The van der Waals surface area contributed by atoms with Crippen molar-refractivity contribution in [2.45, 2.75) is 32.2 Å². The van der Waals surface area contributed by atoms with Crippen molar-refractivity contribution in [2.75, 3.05) is 46.5 Å². The monoisotopic (exact) mass is 476 g/mol. The highest BCUT2D eigenvalue weighted by Gasteiger charge is 2.25. The number of nitrogens with two attached hydrogens (primary N) is 1. The molecule has 2 rings (SSSR count). The standard InChI is InChI=1S/C19H32N4O2.HI/c1-3-25-14-8-11-21-19(20)22-15-17(23-12-6-7-13-23)16-9-4-5-10-18(16)24-2;/h4-5,9-10,17H,3,6-8,11-15H2,1-2H3,(H3,20,21,22);1H. The van der Waals surface area contributed by atoms with Crippen LogP contribution in [0.1, 0.15) is 37.8 Å². The van der Waals surface area contributed by atoms with Crippen LogP contribution in [-0.2, 0) is 4.74 Å². The van der Waals surface area contributed by atoms with Crippen LogP contribution in [0.5, 0.6) is 5.75 Å². The van der Waals surface area contributed by atoms with Crippen LogP contribution in [0, 0.1) is 0 Å². The molecule has 0 radical (unpaired) electrons. The van der Waals surface area contributed by atoms with Crippen LogP contribution in [0.3, 0.4) is 0 Å². The van der Waals surface area contributed by atoms with Crippen molar-refractivity contribution in [2.24, 2.45) is 10.7 Å². The van der Waals surface area contributed by atoms with Gasteiger partial charge < -0.3 is 20.5 Å². The zero-order valence-electron chi connectivity index (χ0n) is 15.9. The molecule has 1 heterocycles. The maximum atomic E-state index is 6.03. The van der Waals surface area contributed by atoms with E-state index in [1.165, 1.54) is 18.4 Å². The molecule has 148 valence electrons. The largest absolute Gasteiger partial charge is 0.496 e. The Morgan fingerprint density at radius 2 is 2.04 bits per heavy atom. The molecule has 1 aromatic rings. The minimum absolute atomic E-state index is 0. The molecule has 1 aliphatic rings. The van der Waals surface area contributed by atoms with E-state index in [0.29, 0.717) is 12.5 Å². The van der Waals surface area contributed by atoms with E-state index in [4.69, 9.17) is 15.2 Å². The molecule has 0 spiro atoms. The molecule has 1 aliphatic heterocycles. The minimum Gasteiger partial charge on any atom is -0.496 e. The van der Waals surface area contributed by atoms with E-state index in [1.54, 1.807) is 7.11 Å². The highest BCUT2D eigenvalue weighted by molar-refractivity contribution is 14.0. The molecule has 0 saturated carbocycles. The summed E-state index contributed by atoms with van der Waals surface area (Å²) in [5, 5.41) is 3.17. The SMILES string of the molecule is CCOCCCNC(N)=NCC(c1ccccc1OC)N1CCCC1.I. The molecule has 6 nitrogen and oxygen atoms in total. The fourth-order valence-electron chi connectivity index (χ4n) is 3.18. The van der Waals surface area contributed by atoms with Crippen LogP contribution in [0.25, 0.3) is 0 Å². The lowest BCUT2D eigenvalue weighted by Gasteiger charge is -2.28. The highest BCUT2D eigenvalue weighted by Crippen LogP contribution is 2.31. The zero-order valence-corrected chi connectivity index (χ0v) is 18.3. The first-order chi connectivity index (χ1) is 12.3. The molecule has 26 heavy (non-hydrogen) atoms. The van der Waals surface area contributed by atoms with Gasteiger partial charge in [-0.15, -0.1) is 24.0 Å². The highest BCUT2D eigenvalue weighted by atomic mass is 127. The second-order valence-corrected chi connectivity index (χ2v) is 6.20. The van der Waals surface area contributed by atoms with Gasteiger partial charge in [-0.05, 0) is 45.3 Å². The average molecular weight is 476 g/mol.